The molecule has 2 aliphatic rings. The van der Waals surface area contributed by atoms with Crippen molar-refractivity contribution in [3.8, 4) is 5.75 Å². The predicted molar refractivity (Wildman–Crippen MR) is 161 cm³/mol. The molecular formula is C35H54O5. The van der Waals surface area contributed by atoms with E-state index in [2.05, 4.69) is 13.5 Å². The summed E-state index contributed by atoms with van der Waals surface area (Å²) in [4.78, 5) is 23.5. The van der Waals surface area contributed by atoms with Crippen molar-refractivity contribution in [1.82, 2.24) is 0 Å². The third-order valence-corrected chi connectivity index (χ3v) is 9.05. The zero-order valence-electron chi connectivity index (χ0n) is 25.1. The van der Waals surface area contributed by atoms with Crippen molar-refractivity contribution in [2.75, 3.05) is 13.2 Å². The van der Waals surface area contributed by atoms with Gasteiger partial charge in [0.05, 0.1) is 13.2 Å². The monoisotopic (exact) mass is 554 g/mol. The second-order valence-corrected chi connectivity index (χ2v) is 12.1. The van der Waals surface area contributed by atoms with Gasteiger partial charge in [-0.15, -0.1) is 0 Å². The van der Waals surface area contributed by atoms with E-state index in [9.17, 15) is 9.59 Å². The first kappa shape index (κ1) is 32.2. The maximum Gasteiger partial charge on any atom is 0.330 e. The molecule has 2 saturated carbocycles. The predicted octanol–water partition coefficient (Wildman–Crippen LogP) is 8.78. The number of unbranched alkanes of at least 4 members (excludes halogenated alkanes) is 5. The van der Waals surface area contributed by atoms with Gasteiger partial charge in [0, 0.05) is 12.5 Å². The summed E-state index contributed by atoms with van der Waals surface area (Å²) in [6.07, 6.45) is 22.2. The number of carbonyl (C=O) groups excluding carboxylic acids is 2. The molecule has 0 unspecified atom stereocenters. The Morgan fingerprint density at radius 1 is 0.825 bits per heavy atom. The Balaban J connectivity index is 1.21. The van der Waals surface area contributed by atoms with E-state index in [1.165, 1.54) is 70.3 Å². The lowest BCUT2D eigenvalue weighted by Crippen LogP contribution is -2.29. The highest BCUT2D eigenvalue weighted by molar-refractivity contribution is 5.81. The van der Waals surface area contributed by atoms with Crippen molar-refractivity contribution < 1.29 is 23.8 Å². The van der Waals surface area contributed by atoms with Crippen LogP contribution >= 0.6 is 0 Å². The maximum atomic E-state index is 12.5. The number of hydrogen-bond donors (Lipinski definition) is 0. The van der Waals surface area contributed by atoms with Gasteiger partial charge in [0.15, 0.2) is 0 Å². The van der Waals surface area contributed by atoms with Crippen LogP contribution in [0.15, 0.2) is 36.9 Å². The topological polar surface area (TPSA) is 61.8 Å². The number of ether oxygens (including phenoxy) is 3. The molecule has 0 atom stereocenters. The standard InChI is InChI=1S/C35H54O5/c1-3-5-8-11-28-12-17-30(18-13-28)31-19-23-33(24-20-31)40-35(37)25-16-29-14-21-32(22-15-29)38-26-9-6-7-10-27-39-34(36)4-2/h4,14-15,21-22,28,30-31,33H,2-3,5-13,16-20,23-27H2,1H3. The summed E-state index contributed by atoms with van der Waals surface area (Å²) < 4.78 is 16.7. The Kier molecular flexibility index (Phi) is 15.3. The van der Waals surface area contributed by atoms with E-state index < -0.39 is 0 Å². The molecule has 0 aromatic heterocycles. The van der Waals surface area contributed by atoms with Gasteiger partial charge in [0.25, 0.3) is 0 Å². The Hall–Kier alpha value is -2.30. The fourth-order valence-corrected chi connectivity index (χ4v) is 6.53. The van der Waals surface area contributed by atoms with Gasteiger partial charge in [-0.1, -0.05) is 64.2 Å². The van der Waals surface area contributed by atoms with Crippen molar-refractivity contribution in [3.05, 3.63) is 42.5 Å². The number of esters is 2. The minimum absolute atomic E-state index is 0.0596. The summed E-state index contributed by atoms with van der Waals surface area (Å²) >= 11 is 0. The highest BCUT2D eigenvalue weighted by Gasteiger charge is 2.31. The smallest absolute Gasteiger partial charge is 0.330 e. The minimum atomic E-state index is -0.360. The van der Waals surface area contributed by atoms with Crippen LogP contribution in [-0.4, -0.2) is 31.3 Å². The molecule has 0 saturated heterocycles. The number of hydrogen-bond acceptors (Lipinski definition) is 5. The van der Waals surface area contributed by atoms with Crippen LogP contribution in [0.4, 0.5) is 0 Å². The largest absolute Gasteiger partial charge is 0.494 e. The van der Waals surface area contributed by atoms with Gasteiger partial charge in [-0.3, -0.25) is 4.79 Å². The summed E-state index contributed by atoms with van der Waals surface area (Å²) in [7, 11) is 0. The summed E-state index contributed by atoms with van der Waals surface area (Å²) in [5.41, 5.74) is 1.13. The third-order valence-electron chi connectivity index (χ3n) is 9.05. The van der Waals surface area contributed by atoms with E-state index in [0.29, 0.717) is 26.1 Å². The van der Waals surface area contributed by atoms with Gasteiger partial charge in [-0.2, -0.15) is 0 Å². The van der Waals surface area contributed by atoms with Crippen LogP contribution in [0.2, 0.25) is 0 Å². The van der Waals surface area contributed by atoms with E-state index >= 15 is 0 Å². The van der Waals surface area contributed by atoms with Crippen LogP contribution in [0.3, 0.4) is 0 Å². The van der Waals surface area contributed by atoms with E-state index in [0.717, 1.165) is 67.6 Å². The number of benzene rings is 1. The number of rotatable bonds is 18. The van der Waals surface area contributed by atoms with Crippen LogP contribution in [0.5, 0.6) is 5.75 Å². The van der Waals surface area contributed by atoms with Gasteiger partial charge in [-0.05, 0) is 106 Å². The van der Waals surface area contributed by atoms with E-state index in [1.807, 2.05) is 24.3 Å². The lowest BCUT2D eigenvalue weighted by molar-refractivity contribution is -0.151. The first-order valence-electron chi connectivity index (χ1n) is 16.3. The van der Waals surface area contributed by atoms with E-state index in [4.69, 9.17) is 14.2 Å². The van der Waals surface area contributed by atoms with Crippen molar-refractivity contribution in [2.45, 2.75) is 129 Å². The molecule has 40 heavy (non-hydrogen) atoms. The van der Waals surface area contributed by atoms with Crippen molar-refractivity contribution in [2.24, 2.45) is 17.8 Å². The molecule has 0 bridgehead atoms. The molecule has 5 nitrogen and oxygen atoms in total. The number of carbonyl (C=O) groups is 2. The second kappa shape index (κ2) is 18.9. The van der Waals surface area contributed by atoms with Gasteiger partial charge >= 0.3 is 11.9 Å². The van der Waals surface area contributed by atoms with Crippen molar-refractivity contribution in [1.29, 1.82) is 0 Å². The number of aryl methyl sites for hydroxylation is 1. The maximum absolute atomic E-state index is 12.5. The summed E-state index contributed by atoms with van der Waals surface area (Å²) in [5.74, 6) is 3.17. The zero-order valence-corrected chi connectivity index (χ0v) is 25.1. The van der Waals surface area contributed by atoms with Crippen LogP contribution in [0.25, 0.3) is 0 Å². The second-order valence-electron chi connectivity index (χ2n) is 12.1. The van der Waals surface area contributed by atoms with Crippen molar-refractivity contribution in [3.63, 3.8) is 0 Å². The SMILES string of the molecule is C=CC(=O)OCCCCCCOc1ccc(CCC(=O)OC2CCC(C3CCC(CCCCC)CC3)CC2)cc1. The normalized spacial score (nSPS) is 22.8. The molecule has 0 radical (unpaired) electrons. The van der Waals surface area contributed by atoms with Crippen LogP contribution < -0.4 is 4.74 Å². The first-order valence-corrected chi connectivity index (χ1v) is 16.3. The Labute approximate surface area is 243 Å². The summed E-state index contributed by atoms with van der Waals surface area (Å²) in [6, 6.07) is 8.05. The summed E-state index contributed by atoms with van der Waals surface area (Å²) in [6.45, 7) is 6.79. The van der Waals surface area contributed by atoms with Crippen LogP contribution in [-0.2, 0) is 25.5 Å². The molecule has 224 valence electrons. The molecule has 3 rings (SSSR count). The van der Waals surface area contributed by atoms with Gasteiger partial charge in [0.2, 0.25) is 0 Å². The van der Waals surface area contributed by atoms with Gasteiger partial charge < -0.3 is 14.2 Å². The minimum Gasteiger partial charge on any atom is -0.494 e. The fourth-order valence-electron chi connectivity index (χ4n) is 6.53. The molecule has 0 spiro atoms. The Morgan fingerprint density at radius 3 is 2.12 bits per heavy atom. The molecule has 0 amide bonds. The molecular weight excluding hydrogens is 500 g/mol. The third kappa shape index (κ3) is 12.5. The Morgan fingerprint density at radius 2 is 1.48 bits per heavy atom. The highest BCUT2D eigenvalue weighted by Crippen LogP contribution is 2.41. The molecule has 1 aromatic rings. The van der Waals surface area contributed by atoms with E-state index in [-0.39, 0.29) is 18.0 Å². The molecule has 0 aliphatic heterocycles. The fraction of sp³-hybridized carbons (Fsp3) is 0.714. The zero-order chi connectivity index (χ0) is 28.4. The molecule has 0 heterocycles. The lowest BCUT2D eigenvalue weighted by atomic mass is 9.70. The average Bonchev–Trinajstić information content (AvgIpc) is 2.99. The molecule has 2 fully saturated rings. The first-order chi connectivity index (χ1) is 19.6. The lowest BCUT2D eigenvalue weighted by Gasteiger charge is -2.37. The van der Waals surface area contributed by atoms with E-state index in [1.54, 1.807) is 0 Å². The molecule has 1 aromatic carbocycles. The quantitative estimate of drug-likeness (QED) is 0.103. The highest BCUT2D eigenvalue weighted by atomic mass is 16.5. The summed E-state index contributed by atoms with van der Waals surface area (Å²) in [5, 5.41) is 0. The average molecular weight is 555 g/mol. The molecule has 5 heteroatoms. The Bertz CT molecular complexity index is 847. The molecule has 2 aliphatic carbocycles. The van der Waals surface area contributed by atoms with Gasteiger partial charge in [0.1, 0.15) is 11.9 Å². The van der Waals surface area contributed by atoms with Crippen molar-refractivity contribution >= 4 is 11.9 Å². The van der Waals surface area contributed by atoms with Gasteiger partial charge in [-0.25, -0.2) is 4.79 Å². The van der Waals surface area contributed by atoms with Crippen LogP contribution in [0.1, 0.15) is 122 Å². The molecule has 0 N–H and O–H groups in total. The van der Waals surface area contributed by atoms with Crippen LogP contribution in [0, 0.1) is 17.8 Å².